The quantitative estimate of drug-likeness (QED) is 0.517. The van der Waals surface area contributed by atoms with E-state index in [-0.39, 0.29) is 5.70 Å². The van der Waals surface area contributed by atoms with Crippen molar-refractivity contribution in [2.75, 3.05) is 0 Å². The summed E-state index contributed by atoms with van der Waals surface area (Å²) in [6, 6.07) is 0. The fourth-order valence-electron chi connectivity index (χ4n) is 0.426. The van der Waals surface area contributed by atoms with Gasteiger partial charge in [0.2, 0.25) is 0 Å². The van der Waals surface area contributed by atoms with Gasteiger partial charge in [-0.25, -0.2) is 6.35 Å². The lowest BCUT2D eigenvalue weighted by atomic mass is 10.4. The molecule has 0 radical (unpaired) electrons. The first-order chi connectivity index (χ1) is 5.17. The Morgan fingerprint density at radius 2 is 2.36 bits per heavy atom. The Bertz CT molecular complexity index is 257. The van der Waals surface area contributed by atoms with E-state index in [0.717, 1.165) is 0 Å². The van der Waals surface area contributed by atoms with Gasteiger partial charge in [-0.15, -0.1) is 0 Å². The van der Waals surface area contributed by atoms with Gasteiger partial charge in [0.15, 0.2) is 0 Å². The Labute approximate surface area is 83.0 Å². The SMILES string of the molecule is C=IC(F)(F)C1=CC=NI=N1. The summed E-state index contributed by atoms with van der Waals surface area (Å²) in [4.78, 5) is 0. The molecule has 0 bridgehead atoms. The third kappa shape index (κ3) is 2.42. The zero-order valence-electron chi connectivity index (χ0n) is 5.27. The molecule has 11 heavy (non-hydrogen) atoms. The summed E-state index contributed by atoms with van der Waals surface area (Å²) < 4.78 is 33.6. The number of hydrogen-bond acceptors (Lipinski definition) is 2. The van der Waals surface area contributed by atoms with E-state index in [2.05, 4.69) is 10.9 Å². The van der Waals surface area contributed by atoms with Gasteiger partial charge < -0.3 is 0 Å². The summed E-state index contributed by atoms with van der Waals surface area (Å²) in [6.07, 6.45) is 2.68. The molecule has 1 heterocycles. The summed E-state index contributed by atoms with van der Waals surface area (Å²) in [5, 5.41) is 0. The van der Waals surface area contributed by atoms with E-state index in [1.807, 2.05) is 0 Å². The number of halogens is 4. The first kappa shape index (κ1) is 9.49. The van der Waals surface area contributed by atoms with Crippen LogP contribution in [0.3, 0.4) is 0 Å². The molecule has 0 saturated carbocycles. The summed E-state index contributed by atoms with van der Waals surface area (Å²) >= 11 is -2.12. The Morgan fingerprint density at radius 3 is 2.82 bits per heavy atom. The average molecular weight is 384 g/mol. The molecule has 6 heteroatoms. The van der Waals surface area contributed by atoms with Crippen LogP contribution in [0.4, 0.5) is 8.78 Å². The van der Waals surface area contributed by atoms with Crippen LogP contribution in [0.2, 0.25) is 0 Å². The highest BCUT2D eigenvalue weighted by Gasteiger charge is 2.31. The van der Waals surface area contributed by atoms with Gasteiger partial charge in [0.25, 0.3) is 0 Å². The van der Waals surface area contributed by atoms with Crippen LogP contribution in [0.25, 0.3) is 0 Å². The minimum atomic E-state index is -2.76. The van der Waals surface area contributed by atoms with Crippen molar-refractivity contribution in [1.29, 1.82) is 0 Å². The van der Waals surface area contributed by atoms with Crippen molar-refractivity contribution in [3.8, 4) is 0 Å². The van der Waals surface area contributed by atoms with Crippen molar-refractivity contribution in [1.82, 2.24) is 0 Å². The molecule has 0 unspecified atom stereocenters. The molecular weight excluding hydrogens is 380 g/mol. The minimum Gasteiger partial charge on any atom is -0.212 e. The van der Waals surface area contributed by atoms with E-state index in [9.17, 15) is 8.78 Å². The van der Waals surface area contributed by atoms with E-state index in [1.54, 1.807) is 0 Å². The number of rotatable bonds is 2. The van der Waals surface area contributed by atoms with Crippen LogP contribution in [0.5, 0.6) is 0 Å². The van der Waals surface area contributed by atoms with Crippen LogP contribution in [-0.4, -0.2) is 14.7 Å². The van der Waals surface area contributed by atoms with Crippen LogP contribution in [-0.2, 0) is 0 Å². The van der Waals surface area contributed by atoms with Crippen molar-refractivity contribution in [2.24, 2.45) is 6.35 Å². The van der Waals surface area contributed by atoms with Gasteiger partial charge in [-0.2, -0.15) is 8.78 Å². The number of allylic oxidation sites excluding steroid dienone is 2. The number of nitrogens with zero attached hydrogens (tertiary/aromatic N) is 2. The summed E-state index contributed by atoms with van der Waals surface area (Å²) in [5.41, 5.74) is -0.122. The molecule has 1 aliphatic heterocycles. The van der Waals surface area contributed by atoms with Crippen molar-refractivity contribution < 1.29 is 8.78 Å². The average Bonchev–Trinajstić information content (AvgIpc) is 2.06. The van der Waals surface area contributed by atoms with Crippen LogP contribution < -0.4 is 0 Å². The van der Waals surface area contributed by atoms with Crippen LogP contribution in [0, 0.1) is 0 Å². The smallest absolute Gasteiger partial charge is 0.212 e. The molecule has 1 aliphatic rings. The van der Waals surface area contributed by atoms with Gasteiger partial charge in [0.05, 0.1) is 0 Å². The van der Waals surface area contributed by atoms with Gasteiger partial charge in [-0.05, 0) is 26.8 Å². The Kier molecular flexibility index (Phi) is 3.34. The van der Waals surface area contributed by atoms with Crippen LogP contribution in [0.1, 0.15) is 0 Å². The second kappa shape index (κ2) is 3.87. The highest BCUT2D eigenvalue weighted by Crippen LogP contribution is 2.37. The molecule has 0 fully saturated rings. The lowest BCUT2D eigenvalue weighted by Gasteiger charge is -2.09. The lowest BCUT2D eigenvalue weighted by molar-refractivity contribution is 0.168. The van der Waals surface area contributed by atoms with Gasteiger partial charge in [-0.1, -0.05) is 4.51 Å². The largest absolute Gasteiger partial charge is 0.333 e. The summed E-state index contributed by atoms with van der Waals surface area (Å²) in [7, 11) is 0. The molecule has 0 saturated heterocycles. The molecular formula is C5H4F2I2N2. The van der Waals surface area contributed by atoms with E-state index in [1.165, 1.54) is 12.3 Å². The predicted octanol–water partition coefficient (Wildman–Crippen LogP) is 3.02. The van der Waals surface area contributed by atoms with Crippen LogP contribution in [0.15, 0.2) is 18.1 Å². The molecule has 0 aromatic rings. The van der Waals surface area contributed by atoms with E-state index < -0.39 is 46.0 Å². The highest BCUT2D eigenvalue weighted by atomic mass is 127. The molecule has 0 aliphatic carbocycles. The van der Waals surface area contributed by atoms with E-state index in [0.29, 0.717) is 0 Å². The third-order valence-electron chi connectivity index (χ3n) is 0.920. The topological polar surface area (TPSA) is 24.7 Å². The molecule has 2 nitrogen and oxygen atoms in total. The van der Waals surface area contributed by atoms with Gasteiger partial charge in [-0.3, -0.25) is 0 Å². The molecule has 0 aromatic carbocycles. The first-order valence-corrected chi connectivity index (χ1v) is 7.06. The number of alkyl halides is 3. The van der Waals surface area contributed by atoms with Crippen LogP contribution >= 0.6 is 42.0 Å². The van der Waals surface area contributed by atoms with E-state index >= 15 is 0 Å². The molecule has 1 rings (SSSR count). The minimum absolute atomic E-state index is 0.122. The molecule has 0 spiro atoms. The molecule has 0 amide bonds. The first-order valence-electron chi connectivity index (χ1n) is 2.53. The fourth-order valence-corrected chi connectivity index (χ4v) is 2.70. The lowest BCUT2D eigenvalue weighted by Crippen LogP contribution is -2.08. The number of hydrogen-bond donors (Lipinski definition) is 0. The van der Waals surface area contributed by atoms with Crippen molar-refractivity contribution in [3.05, 3.63) is 11.8 Å². The summed E-state index contributed by atoms with van der Waals surface area (Å²) in [6.45, 7) is 0. The molecule has 0 aromatic heterocycles. The second-order valence-electron chi connectivity index (χ2n) is 1.59. The third-order valence-corrected chi connectivity index (χ3v) is 3.74. The second-order valence-corrected chi connectivity index (χ2v) is 5.18. The monoisotopic (exact) mass is 384 g/mol. The normalized spacial score (nSPS) is 17.5. The van der Waals surface area contributed by atoms with Crippen molar-refractivity contribution in [3.63, 3.8) is 0 Å². The van der Waals surface area contributed by atoms with Crippen molar-refractivity contribution in [2.45, 2.75) is 3.93 Å². The maximum absolute atomic E-state index is 12.8. The van der Waals surface area contributed by atoms with E-state index in [4.69, 9.17) is 0 Å². The zero-order valence-corrected chi connectivity index (χ0v) is 9.58. The Balaban J connectivity index is 2.92. The molecule has 0 atom stereocenters. The Morgan fingerprint density at radius 1 is 1.64 bits per heavy atom. The maximum Gasteiger partial charge on any atom is 0.333 e. The zero-order chi connectivity index (χ0) is 8.32. The van der Waals surface area contributed by atoms with Gasteiger partial charge in [0, 0.05) is 6.21 Å². The maximum atomic E-state index is 12.8. The predicted molar refractivity (Wildman–Crippen MR) is 59.1 cm³/mol. The van der Waals surface area contributed by atoms with Gasteiger partial charge in [0.1, 0.15) is 27.0 Å². The standard InChI is InChI=1S/C5H4F2I2N2/c1-8-5(6,7)4-2-3-10-9-11-4/h2-3H,1H2. The highest BCUT2D eigenvalue weighted by molar-refractivity contribution is 14.2. The summed E-state index contributed by atoms with van der Waals surface area (Å²) in [5.74, 6) is 0. The molecule has 0 N–H and O–H groups in total. The molecule has 62 valence electrons. The van der Waals surface area contributed by atoms with Gasteiger partial charge >= 0.3 is 3.93 Å². The Hall–Kier alpha value is 0.400. The van der Waals surface area contributed by atoms with Crippen molar-refractivity contribution >= 4 is 52.8 Å². The fraction of sp³-hybridized carbons (Fsp3) is 0.200.